The van der Waals surface area contributed by atoms with Gasteiger partial charge in [0.15, 0.2) is 0 Å². The summed E-state index contributed by atoms with van der Waals surface area (Å²) in [7, 11) is 0. The molecule has 2 atom stereocenters. The molecule has 3 aromatic rings. The first kappa shape index (κ1) is 25.2. The molecule has 0 aliphatic heterocycles. The van der Waals surface area contributed by atoms with E-state index in [1.165, 1.54) is 17.4 Å². The van der Waals surface area contributed by atoms with Gasteiger partial charge >= 0.3 is 166 Å². The van der Waals surface area contributed by atoms with Crippen LogP contribution in [0, 0.1) is 11.6 Å². The number of nitrogens with two attached hydrogens (primary N) is 1. The van der Waals surface area contributed by atoms with Crippen LogP contribution in [0.4, 0.5) is 8.78 Å². The number of halogens is 5. The van der Waals surface area contributed by atoms with Crippen molar-refractivity contribution in [2.45, 2.75) is 17.7 Å². The number of benzene rings is 2. The van der Waals surface area contributed by atoms with Gasteiger partial charge in [-0.2, -0.15) is 0 Å². The summed E-state index contributed by atoms with van der Waals surface area (Å²) in [6, 6.07) is 11.1. The third-order valence-electron chi connectivity index (χ3n) is 3.72. The van der Waals surface area contributed by atoms with Gasteiger partial charge in [0.25, 0.3) is 0 Å². The molecular formula is C18H18AsCl3F2N2OS. The molecule has 0 spiro atoms. The van der Waals surface area contributed by atoms with E-state index in [-0.39, 0.29) is 36.7 Å². The Morgan fingerprint density at radius 2 is 1.79 bits per heavy atom. The minimum absolute atomic E-state index is 0. The van der Waals surface area contributed by atoms with Crippen molar-refractivity contribution in [3.8, 4) is 16.3 Å². The Hall–Kier alpha value is -0.882. The van der Waals surface area contributed by atoms with Crippen LogP contribution in [-0.2, 0) is 6.42 Å². The summed E-state index contributed by atoms with van der Waals surface area (Å²) < 4.78 is 27.3. The molecule has 152 valence electrons. The maximum atomic E-state index is 13.4. The van der Waals surface area contributed by atoms with Gasteiger partial charge < -0.3 is 0 Å². The van der Waals surface area contributed by atoms with Gasteiger partial charge in [0.1, 0.15) is 0 Å². The van der Waals surface area contributed by atoms with Gasteiger partial charge in [-0.25, -0.2) is 0 Å². The fourth-order valence-electron chi connectivity index (χ4n) is 2.43. The third kappa shape index (κ3) is 6.58. The first-order valence-corrected chi connectivity index (χ1v) is 11.5. The molecule has 0 saturated heterocycles. The zero-order chi connectivity index (χ0) is 18.7. The summed E-state index contributed by atoms with van der Waals surface area (Å²) in [5.41, 5.74) is 7.75. The van der Waals surface area contributed by atoms with E-state index < -0.39 is 27.4 Å². The molecule has 28 heavy (non-hydrogen) atoms. The third-order valence-corrected chi connectivity index (χ3v) is 8.67. The number of hydrogen-bond acceptors (Lipinski definition) is 4. The van der Waals surface area contributed by atoms with Gasteiger partial charge in [-0.3, -0.25) is 0 Å². The zero-order valence-electron chi connectivity index (χ0n) is 14.4. The van der Waals surface area contributed by atoms with Crippen molar-refractivity contribution in [2.75, 3.05) is 0 Å². The Morgan fingerprint density at radius 1 is 1.11 bits per heavy atom. The molecule has 3 nitrogen and oxygen atoms in total. The summed E-state index contributed by atoms with van der Waals surface area (Å²) in [4.78, 5) is 4.62. The van der Waals surface area contributed by atoms with Crippen molar-refractivity contribution >= 4 is 67.3 Å². The molecule has 0 fully saturated rings. The zero-order valence-corrected chi connectivity index (χ0v) is 19.7. The summed E-state index contributed by atoms with van der Waals surface area (Å²) in [6.07, 6.45) is 0.744. The fourth-order valence-corrected chi connectivity index (χ4v) is 6.47. The van der Waals surface area contributed by atoms with Gasteiger partial charge in [0.2, 0.25) is 0 Å². The van der Waals surface area contributed by atoms with Crippen molar-refractivity contribution in [1.82, 2.24) is 4.98 Å². The summed E-state index contributed by atoms with van der Waals surface area (Å²) >= 11 is 6.55. The Kier molecular flexibility index (Phi) is 10.2. The molecule has 1 heterocycles. The molecular weight excluding hydrogens is 512 g/mol. The van der Waals surface area contributed by atoms with E-state index in [2.05, 4.69) is 4.98 Å². The van der Waals surface area contributed by atoms with Crippen LogP contribution in [0.1, 0.15) is 5.56 Å². The van der Waals surface area contributed by atoms with Crippen LogP contribution in [-0.4, -0.2) is 31.9 Å². The normalized spacial score (nSPS) is 11.9. The van der Waals surface area contributed by atoms with Crippen LogP contribution < -0.4 is 9.53 Å². The Balaban J connectivity index is 0.00000196. The Morgan fingerprint density at radius 3 is 2.43 bits per heavy atom. The van der Waals surface area contributed by atoms with Crippen molar-refractivity contribution in [3.63, 3.8) is 0 Å². The van der Waals surface area contributed by atoms with Crippen molar-refractivity contribution in [2.24, 2.45) is 5.73 Å². The average molecular weight is 530 g/mol. The van der Waals surface area contributed by atoms with Crippen LogP contribution >= 0.6 is 47.8 Å². The van der Waals surface area contributed by atoms with Crippen molar-refractivity contribution in [1.29, 1.82) is 0 Å². The van der Waals surface area contributed by atoms with E-state index in [4.69, 9.17) is 17.3 Å². The number of hydrogen-bond donors (Lipinski definition) is 2. The molecule has 0 bridgehead atoms. The second kappa shape index (κ2) is 11.3. The molecule has 2 aromatic carbocycles. The van der Waals surface area contributed by atoms with Gasteiger partial charge in [-0.1, -0.05) is 0 Å². The number of aromatic hydroxyl groups is 1. The maximum absolute atomic E-state index is 13.4. The quantitative estimate of drug-likeness (QED) is 0.467. The van der Waals surface area contributed by atoms with Crippen molar-refractivity contribution in [3.05, 3.63) is 64.7 Å². The summed E-state index contributed by atoms with van der Waals surface area (Å²) in [6.45, 7) is 0. The van der Waals surface area contributed by atoms with E-state index in [1.54, 1.807) is 0 Å². The van der Waals surface area contributed by atoms with Gasteiger partial charge in [-0.05, 0) is 0 Å². The number of rotatable bonds is 6. The van der Waals surface area contributed by atoms with Crippen molar-refractivity contribution < 1.29 is 13.9 Å². The van der Waals surface area contributed by atoms with E-state index in [0.717, 1.165) is 33.1 Å². The summed E-state index contributed by atoms with van der Waals surface area (Å²) in [5, 5.41) is 11.5. The first-order chi connectivity index (χ1) is 12.4. The topological polar surface area (TPSA) is 59.1 Å². The fraction of sp³-hybridized carbons (Fsp3) is 0.167. The molecule has 3 N–H and O–H groups in total. The van der Waals surface area contributed by atoms with Gasteiger partial charge in [-0.15, -0.1) is 24.8 Å². The number of thiazole rings is 1. The van der Waals surface area contributed by atoms with Crippen LogP contribution in [0.5, 0.6) is 5.88 Å². The molecule has 3 rings (SSSR count). The Labute approximate surface area is 189 Å². The number of nitrogens with zero attached hydrogens (tertiary/aromatic N) is 1. The molecule has 0 saturated carbocycles. The SMILES string of the molecule is Cl.Cl.N[C@H](C[AsH]c1nc(O)c(-c2ccc(F)c(F)c2)s1)Cc1ccc(Cl)cc1. The molecule has 1 unspecified atom stereocenters. The second-order valence-electron chi connectivity index (χ2n) is 5.77. The summed E-state index contributed by atoms with van der Waals surface area (Å²) in [5.74, 6) is -2.01. The average Bonchev–Trinajstić information content (AvgIpc) is 2.98. The van der Waals surface area contributed by atoms with E-state index >= 15 is 0 Å². The Bertz CT molecular complexity index is 912. The first-order valence-electron chi connectivity index (χ1n) is 7.81. The molecule has 10 heteroatoms. The minimum atomic E-state index is -0.946. The number of aromatic nitrogens is 1. The van der Waals surface area contributed by atoms with Crippen LogP contribution in [0.25, 0.3) is 10.4 Å². The van der Waals surface area contributed by atoms with Crippen LogP contribution in [0.15, 0.2) is 42.5 Å². The van der Waals surface area contributed by atoms with Gasteiger partial charge in [0, 0.05) is 0 Å². The predicted octanol–water partition coefficient (Wildman–Crippen LogP) is 4.34. The van der Waals surface area contributed by atoms with Crippen LogP contribution in [0.3, 0.4) is 0 Å². The predicted molar refractivity (Wildman–Crippen MR) is 118 cm³/mol. The molecule has 0 radical (unpaired) electrons. The van der Waals surface area contributed by atoms with Gasteiger partial charge in [0.05, 0.1) is 0 Å². The molecule has 1 aromatic heterocycles. The standard InChI is InChI=1S/C18H16AsClF2N2OS.2ClH/c20-12-4-1-10(2-5-12)7-13(23)9-19-18-24-17(25)16(26-18)11-3-6-14(21)15(22)8-11;;/h1-6,8,13,19,25H,7,9,23H2;2*1H/t13-;;/m0../s1. The molecule has 0 aliphatic carbocycles. The monoisotopic (exact) mass is 528 g/mol. The van der Waals surface area contributed by atoms with E-state index in [1.807, 2.05) is 24.3 Å². The van der Waals surface area contributed by atoms with E-state index in [0.29, 0.717) is 15.5 Å². The molecule has 0 aliphatic rings. The molecule has 0 amide bonds. The second-order valence-corrected chi connectivity index (χ2v) is 10.6. The van der Waals surface area contributed by atoms with Crippen LogP contribution in [0.2, 0.25) is 10.2 Å². The van der Waals surface area contributed by atoms with E-state index in [9.17, 15) is 13.9 Å².